The number of nitro groups is 1. The van der Waals surface area contributed by atoms with E-state index in [4.69, 9.17) is 0 Å². The molecule has 2 aliphatic heterocycles. The highest BCUT2D eigenvalue weighted by atomic mass is 16.6. The van der Waals surface area contributed by atoms with E-state index in [1.807, 2.05) is 4.90 Å². The molecule has 28 heavy (non-hydrogen) atoms. The Kier molecular flexibility index (Phi) is 5.91. The van der Waals surface area contributed by atoms with Crippen LogP contribution in [0.15, 0.2) is 18.2 Å². The zero-order valence-electron chi connectivity index (χ0n) is 15.8. The van der Waals surface area contributed by atoms with Crippen LogP contribution in [0.4, 0.5) is 10.5 Å². The zero-order valence-corrected chi connectivity index (χ0v) is 15.8. The Morgan fingerprint density at radius 2 is 2.00 bits per heavy atom. The Morgan fingerprint density at radius 1 is 1.25 bits per heavy atom. The van der Waals surface area contributed by atoms with E-state index in [2.05, 4.69) is 12.2 Å². The Hall–Kier alpha value is -2.97. The number of likely N-dealkylation sites (tertiary alicyclic amines) is 1. The van der Waals surface area contributed by atoms with E-state index in [9.17, 15) is 24.5 Å². The maximum atomic E-state index is 12.4. The summed E-state index contributed by atoms with van der Waals surface area (Å²) in [6.45, 7) is 3.32. The molecule has 2 aliphatic rings. The average molecular weight is 388 g/mol. The zero-order chi connectivity index (χ0) is 20.3. The summed E-state index contributed by atoms with van der Waals surface area (Å²) in [5.41, 5.74) is 0.0158. The number of fused-ring (bicyclic) bond motifs is 1. The van der Waals surface area contributed by atoms with Gasteiger partial charge in [-0.05, 0) is 38.2 Å². The molecule has 3 rings (SSSR count). The van der Waals surface area contributed by atoms with Crippen LogP contribution in [-0.4, -0.2) is 58.2 Å². The van der Waals surface area contributed by atoms with Gasteiger partial charge >= 0.3 is 6.03 Å². The van der Waals surface area contributed by atoms with Crippen molar-refractivity contribution in [3.63, 3.8) is 0 Å². The van der Waals surface area contributed by atoms with Gasteiger partial charge < -0.3 is 10.2 Å². The van der Waals surface area contributed by atoms with Gasteiger partial charge in [-0.3, -0.25) is 24.6 Å². The average Bonchev–Trinajstić information content (AvgIpc) is 2.94. The first-order valence-corrected chi connectivity index (χ1v) is 9.63. The van der Waals surface area contributed by atoms with Crippen LogP contribution in [0.1, 0.15) is 59.7 Å². The van der Waals surface area contributed by atoms with E-state index in [-0.39, 0.29) is 35.4 Å². The lowest BCUT2D eigenvalue weighted by molar-refractivity contribution is -0.384. The van der Waals surface area contributed by atoms with E-state index in [0.717, 1.165) is 43.2 Å². The minimum absolute atomic E-state index is 0.0577. The SMILES string of the molecule is CCC1CCCCN1C(=O)NCCCN1C(=O)c2ccc([N+](=O)[O-])cc2C1=O. The minimum atomic E-state index is -0.597. The molecule has 1 aromatic rings. The molecule has 0 bridgehead atoms. The maximum Gasteiger partial charge on any atom is 0.317 e. The van der Waals surface area contributed by atoms with E-state index in [0.29, 0.717) is 13.0 Å². The van der Waals surface area contributed by atoms with Gasteiger partial charge in [-0.15, -0.1) is 0 Å². The van der Waals surface area contributed by atoms with Gasteiger partial charge in [-0.25, -0.2) is 4.79 Å². The summed E-state index contributed by atoms with van der Waals surface area (Å²) in [4.78, 5) is 50.4. The Bertz CT molecular complexity index is 810. The number of non-ortho nitro benzene ring substituents is 1. The Balaban J connectivity index is 1.52. The van der Waals surface area contributed by atoms with Gasteiger partial charge in [0, 0.05) is 37.8 Å². The largest absolute Gasteiger partial charge is 0.338 e. The third kappa shape index (κ3) is 3.83. The summed E-state index contributed by atoms with van der Waals surface area (Å²) in [6.07, 6.45) is 4.51. The number of nitro benzene ring substituents is 1. The van der Waals surface area contributed by atoms with Crippen LogP contribution in [0, 0.1) is 10.1 Å². The normalized spacial score (nSPS) is 19.0. The summed E-state index contributed by atoms with van der Waals surface area (Å²) in [6, 6.07) is 3.83. The second kappa shape index (κ2) is 8.37. The first-order chi connectivity index (χ1) is 13.4. The van der Waals surface area contributed by atoms with Crippen molar-refractivity contribution in [1.82, 2.24) is 15.1 Å². The van der Waals surface area contributed by atoms with Gasteiger partial charge in [0.1, 0.15) is 0 Å². The first kappa shape index (κ1) is 19.8. The molecule has 0 aromatic heterocycles. The van der Waals surface area contributed by atoms with E-state index in [1.165, 1.54) is 12.1 Å². The number of urea groups is 1. The van der Waals surface area contributed by atoms with Crippen molar-refractivity contribution in [1.29, 1.82) is 0 Å². The van der Waals surface area contributed by atoms with E-state index in [1.54, 1.807) is 0 Å². The maximum absolute atomic E-state index is 12.4. The first-order valence-electron chi connectivity index (χ1n) is 9.63. The van der Waals surface area contributed by atoms with Gasteiger partial charge in [0.25, 0.3) is 17.5 Å². The molecule has 0 aliphatic carbocycles. The predicted molar refractivity (Wildman–Crippen MR) is 101 cm³/mol. The molecule has 150 valence electrons. The lowest BCUT2D eigenvalue weighted by Crippen LogP contribution is -2.48. The molecule has 1 atom stereocenters. The number of nitrogens with zero attached hydrogens (tertiary/aromatic N) is 3. The standard InChI is InChI=1S/C19H24N4O5/c1-2-13-6-3-4-10-21(13)19(26)20-9-5-11-22-17(24)15-8-7-14(23(27)28)12-16(15)18(22)25/h7-8,12-13H,2-6,9-11H2,1H3,(H,20,26). The van der Waals surface area contributed by atoms with E-state index >= 15 is 0 Å². The molecule has 0 spiro atoms. The van der Waals surface area contributed by atoms with E-state index < -0.39 is 16.7 Å². The van der Waals surface area contributed by atoms with Crippen LogP contribution in [0.25, 0.3) is 0 Å². The quantitative estimate of drug-likeness (QED) is 0.348. The number of benzene rings is 1. The summed E-state index contributed by atoms with van der Waals surface area (Å²) < 4.78 is 0. The lowest BCUT2D eigenvalue weighted by atomic mass is 10.0. The molecule has 1 fully saturated rings. The second-order valence-electron chi connectivity index (χ2n) is 7.09. The second-order valence-corrected chi connectivity index (χ2v) is 7.09. The number of piperidine rings is 1. The highest BCUT2D eigenvalue weighted by Crippen LogP contribution is 2.26. The fraction of sp³-hybridized carbons (Fsp3) is 0.526. The fourth-order valence-electron chi connectivity index (χ4n) is 3.82. The van der Waals surface area contributed by atoms with Crippen molar-refractivity contribution in [3.05, 3.63) is 39.4 Å². The number of hydrogen-bond donors (Lipinski definition) is 1. The molecular weight excluding hydrogens is 364 g/mol. The van der Waals surface area contributed by atoms with Crippen LogP contribution in [0.3, 0.4) is 0 Å². The predicted octanol–water partition coefficient (Wildman–Crippen LogP) is 2.56. The Morgan fingerprint density at radius 3 is 2.71 bits per heavy atom. The smallest absolute Gasteiger partial charge is 0.317 e. The third-order valence-electron chi connectivity index (χ3n) is 5.36. The molecule has 1 saturated heterocycles. The summed E-state index contributed by atoms with van der Waals surface area (Å²) >= 11 is 0. The molecule has 1 N–H and O–H groups in total. The minimum Gasteiger partial charge on any atom is -0.338 e. The molecule has 2 heterocycles. The van der Waals surface area contributed by atoms with Crippen molar-refractivity contribution in [3.8, 4) is 0 Å². The molecule has 0 radical (unpaired) electrons. The number of imide groups is 1. The topological polar surface area (TPSA) is 113 Å². The van der Waals surface area contributed by atoms with Crippen LogP contribution in [-0.2, 0) is 0 Å². The number of nitrogens with one attached hydrogen (secondary N) is 1. The summed E-state index contributed by atoms with van der Waals surface area (Å²) in [5.74, 6) is -0.986. The monoisotopic (exact) mass is 388 g/mol. The fourth-order valence-corrected chi connectivity index (χ4v) is 3.82. The molecule has 1 unspecified atom stereocenters. The molecule has 9 heteroatoms. The molecule has 1 aromatic carbocycles. The summed E-state index contributed by atoms with van der Waals surface area (Å²) in [5, 5.41) is 13.7. The van der Waals surface area contributed by atoms with Gasteiger partial charge in [0.2, 0.25) is 0 Å². The van der Waals surface area contributed by atoms with Crippen molar-refractivity contribution in [2.24, 2.45) is 0 Å². The van der Waals surface area contributed by atoms with Crippen LogP contribution in [0.2, 0.25) is 0 Å². The van der Waals surface area contributed by atoms with Gasteiger partial charge in [0.05, 0.1) is 16.1 Å². The van der Waals surface area contributed by atoms with Gasteiger partial charge in [-0.1, -0.05) is 6.92 Å². The molecular formula is C19H24N4O5. The van der Waals surface area contributed by atoms with Crippen LogP contribution < -0.4 is 5.32 Å². The highest BCUT2D eigenvalue weighted by Gasteiger charge is 2.36. The number of carbonyl (C=O) groups is 3. The molecule has 0 saturated carbocycles. The molecule has 9 nitrogen and oxygen atoms in total. The molecule has 4 amide bonds. The lowest BCUT2D eigenvalue weighted by Gasteiger charge is -2.35. The van der Waals surface area contributed by atoms with Gasteiger partial charge in [0.15, 0.2) is 0 Å². The highest BCUT2D eigenvalue weighted by molar-refractivity contribution is 6.21. The van der Waals surface area contributed by atoms with Crippen molar-refractivity contribution >= 4 is 23.5 Å². The van der Waals surface area contributed by atoms with Crippen LogP contribution in [0.5, 0.6) is 0 Å². The van der Waals surface area contributed by atoms with Crippen molar-refractivity contribution < 1.29 is 19.3 Å². The van der Waals surface area contributed by atoms with Crippen molar-refractivity contribution in [2.45, 2.75) is 45.1 Å². The van der Waals surface area contributed by atoms with Crippen LogP contribution >= 0.6 is 0 Å². The number of carbonyl (C=O) groups excluding carboxylic acids is 3. The summed E-state index contributed by atoms with van der Waals surface area (Å²) in [7, 11) is 0. The van der Waals surface area contributed by atoms with Crippen molar-refractivity contribution in [2.75, 3.05) is 19.6 Å². The Labute approximate surface area is 162 Å². The number of rotatable bonds is 6. The third-order valence-corrected chi connectivity index (χ3v) is 5.36. The number of hydrogen-bond acceptors (Lipinski definition) is 5. The van der Waals surface area contributed by atoms with Gasteiger partial charge in [-0.2, -0.15) is 0 Å². The number of amides is 4.